The van der Waals surface area contributed by atoms with E-state index >= 15 is 0 Å². The summed E-state index contributed by atoms with van der Waals surface area (Å²) >= 11 is 0. The molecule has 1 fully saturated rings. The fraction of sp³-hybridized carbons (Fsp3) is 0.462. The zero-order valence-electron chi connectivity index (χ0n) is 9.68. The second kappa shape index (κ2) is 4.16. The molecule has 0 bridgehead atoms. The third-order valence-electron chi connectivity index (χ3n) is 3.47. The van der Waals surface area contributed by atoms with Crippen LogP contribution in [0.3, 0.4) is 0 Å². The number of benzene rings is 1. The van der Waals surface area contributed by atoms with Gasteiger partial charge in [0.1, 0.15) is 0 Å². The number of aromatic carboxylic acids is 1. The van der Waals surface area contributed by atoms with Crippen LogP contribution in [0.4, 0.5) is 5.69 Å². The molecule has 3 heteroatoms. The first kappa shape index (κ1) is 11.0. The van der Waals surface area contributed by atoms with E-state index in [1.54, 1.807) is 12.1 Å². The number of rotatable bonds is 2. The van der Waals surface area contributed by atoms with Crippen molar-refractivity contribution in [3.63, 3.8) is 0 Å². The van der Waals surface area contributed by atoms with Crippen molar-refractivity contribution < 1.29 is 9.90 Å². The molecule has 1 aromatic carbocycles. The van der Waals surface area contributed by atoms with E-state index in [4.69, 9.17) is 5.11 Å². The second-order valence-corrected chi connectivity index (χ2v) is 4.71. The summed E-state index contributed by atoms with van der Waals surface area (Å²) in [4.78, 5) is 13.0. The van der Waals surface area contributed by atoms with Gasteiger partial charge in [-0.1, -0.05) is 13.8 Å². The molecule has 0 saturated carbocycles. The van der Waals surface area contributed by atoms with Crippen LogP contribution in [0.15, 0.2) is 24.3 Å². The van der Waals surface area contributed by atoms with E-state index in [2.05, 4.69) is 18.7 Å². The van der Waals surface area contributed by atoms with Gasteiger partial charge in [0, 0.05) is 18.8 Å². The van der Waals surface area contributed by atoms with E-state index in [1.807, 2.05) is 12.1 Å². The Morgan fingerprint density at radius 2 is 1.69 bits per heavy atom. The molecule has 3 nitrogen and oxygen atoms in total. The summed E-state index contributed by atoms with van der Waals surface area (Å²) in [7, 11) is 0. The van der Waals surface area contributed by atoms with Gasteiger partial charge in [0.05, 0.1) is 5.56 Å². The average Bonchev–Trinajstić information content (AvgIpc) is 2.59. The molecular weight excluding hydrogens is 202 g/mol. The summed E-state index contributed by atoms with van der Waals surface area (Å²) in [5.41, 5.74) is 1.48. The summed E-state index contributed by atoms with van der Waals surface area (Å²) in [6.07, 6.45) is 0. The van der Waals surface area contributed by atoms with Crippen LogP contribution in [0.2, 0.25) is 0 Å². The van der Waals surface area contributed by atoms with Crippen LogP contribution in [0.25, 0.3) is 0 Å². The SMILES string of the molecule is CC1CN(c2ccc(C(=O)O)cc2)CC1C. The molecule has 2 unspecified atom stereocenters. The first-order valence-electron chi connectivity index (χ1n) is 5.66. The van der Waals surface area contributed by atoms with Crippen molar-refractivity contribution in [2.24, 2.45) is 11.8 Å². The maximum Gasteiger partial charge on any atom is 0.335 e. The predicted octanol–water partition coefficient (Wildman–Crippen LogP) is 2.48. The van der Waals surface area contributed by atoms with E-state index < -0.39 is 5.97 Å². The van der Waals surface area contributed by atoms with Crippen LogP contribution in [0.1, 0.15) is 24.2 Å². The Kier molecular flexibility index (Phi) is 2.86. The zero-order valence-corrected chi connectivity index (χ0v) is 9.68. The number of carboxylic acids is 1. The topological polar surface area (TPSA) is 40.5 Å². The first-order valence-corrected chi connectivity index (χ1v) is 5.66. The van der Waals surface area contributed by atoms with Gasteiger partial charge in [0.2, 0.25) is 0 Å². The van der Waals surface area contributed by atoms with Gasteiger partial charge >= 0.3 is 5.97 Å². The van der Waals surface area contributed by atoms with Gasteiger partial charge in [-0.25, -0.2) is 4.79 Å². The summed E-state index contributed by atoms with van der Waals surface area (Å²) in [6, 6.07) is 7.14. The molecule has 16 heavy (non-hydrogen) atoms. The molecule has 0 radical (unpaired) electrons. The number of carboxylic acid groups (broad SMARTS) is 1. The molecule has 0 aliphatic carbocycles. The van der Waals surface area contributed by atoms with Crippen molar-refractivity contribution in [2.75, 3.05) is 18.0 Å². The van der Waals surface area contributed by atoms with Gasteiger partial charge in [-0.3, -0.25) is 0 Å². The van der Waals surface area contributed by atoms with Crippen molar-refractivity contribution >= 4 is 11.7 Å². The van der Waals surface area contributed by atoms with E-state index in [9.17, 15) is 4.79 Å². The Morgan fingerprint density at radius 1 is 1.19 bits per heavy atom. The highest BCUT2D eigenvalue weighted by Gasteiger charge is 2.25. The fourth-order valence-electron chi connectivity index (χ4n) is 2.16. The molecular formula is C13H17NO2. The third-order valence-corrected chi connectivity index (χ3v) is 3.47. The van der Waals surface area contributed by atoms with Crippen LogP contribution >= 0.6 is 0 Å². The van der Waals surface area contributed by atoms with Gasteiger partial charge in [-0.15, -0.1) is 0 Å². The standard InChI is InChI=1S/C13H17NO2/c1-9-7-14(8-10(9)2)12-5-3-11(4-6-12)13(15)16/h3-6,9-10H,7-8H2,1-2H3,(H,15,16). The quantitative estimate of drug-likeness (QED) is 0.830. The Labute approximate surface area is 95.7 Å². The van der Waals surface area contributed by atoms with Gasteiger partial charge in [-0.2, -0.15) is 0 Å². The predicted molar refractivity (Wildman–Crippen MR) is 63.9 cm³/mol. The summed E-state index contributed by atoms with van der Waals surface area (Å²) in [5, 5.41) is 8.81. The van der Waals surface area contributed by atoms with Gasteiger partial charge in [0.25, 0.3) is 0 Å². The molecule has 0 amide bonds. The van der Waals surface area contributed by atoms with Crippen LogP contribution in [-0.2, 0) is 0 Å². The van der Waals surface area contributed by atoms with Crippen LogP contribution < -0.4 is 4.90 Å². The molecule has 86 valence electrons. The lowest BCUT2D eigenvalue weighted by atomic mass is 10.0. The normalized spacial score (nSPS) is 24.8. The van der Waals surface area contributed by atoms with Crippen molar-refractivity contribution in [3.05, 3.63) is 29.8 Å². The number of hydrogen-bond acceptors (Lipinski definition) is 2. The molecule has 1 heterocycles. The average molecular weight is 219 g/mol. The smallest absolute Gasteiger partial charge is 0.335 e. The van der Waals surface area contributed by atoms with E-state index in [0.717, 1.165) is 18.8 Å². The first-order chi connectivity index (χ1) is 7.58. The Balaban J connectivity index is 2.14. The zero-order chi connectivity index (χ0) is 11.7. The maximum absolute atomic E-state index is 10.7. The molecule has 2 rings (SSSR count). The Hall–Kier alpha value is -1.51. The van der Waals surface area contributed by atoms with Gasteiger partial charge < -0.3 is 10.0 Å². The van der Waals surface area contributed by atoms with Gasteiger partial charge in [0.15, 0.2) is 0 Å². The number of carbonyl (C=O) groups is 1. The van der Waals surface area contributed by atoms with Crippen molar-refractivity contribution in [2.45, 2.75) is 13.8 Å². The molecule has 1 saturated heterocycles. The largest absolute Gasteiger partial charge is 0.478 e. The number of anilines is 1. The highest BCUT2D eigenvalue weighted by atomic mass is 16.4. The Bertz CT molecular complexity index is 375. The van der Waals surface area contributed by atoms with E-state index in [1.165, 1.54) is 0 Å². The minimum Gasteiger partial charge on any atom is -0.478 e. The molecule has 1 aromatic rings. The lowest BCUT2D eigenvalue weighted by molar-refractivity contribution is 0.0697. The van der Waals surface area contributed by atoms with Crippen LogP contribution in [-0.4, -0.2) is 24.2 Å². The molecule has 1 aliphatic heterocycles. The lowest BCUT2D eigenvalue weighted by Gasteiger charge is -2.18. The fourth-order valence-corrected chi connectivity index (χ4v) is 2.16. The molecule has 1 N–H and O–H groups in total. The molecule has 0 spiro atoms. The van der Waals surface area contributed by atoms with Crippen LogP contribution in [0.5, 0.6) is 0 Å². The molecule has 1 aliphatic rings. The highest BCUT2D eigenvalue weighted by molar-refractivity contribution is 5.88. The summed E-state index contributed by atoms with van der Waals surface area (Å²) in [6.45, 7) is 6.65. The maximum atomic E-state index is 10.7. The molecule has 2 atom stereocenters. The number of nitrogens with zero attached hydrogens (tertiary/aromatic N) is 1. The third kappa shape index (κ3) is 2.03. The van der Waals surface area contributed by atoms with Gasteiger partial charge in [-0.05, 0) is 36.1 Å². The number of hydrogen-bond donors (Lipinski definition) is 1. The lowest BCUT2D eigenvalue weighted by Crippen LogP contribution is -2.19. The van der Waals surface area contributed by atoms with Crippen molar-refractivity contribution in [1.82, 2.24) is 0 Å². The highest BCUT2D eigenvalue weighted by Crippen LogP contribution is 2.27. The molecule has 0 aromatic heterocycles. The minimum absolute atomic E-state index is 0.351. The monoisotopic (exact) mass is 219 g/mol. The summed E-state index contributed by atoms with van der Waals surface area (Å²) < 4.78 is 0. The van der Waals surface area contributed by atoms with Crippen molar-refractivity contribution in [1.29, 1.82) is 0 Å². The van der Waals surface area contributed by atoms with Crippen LogP contribution in [0, 0.1) is 11.8 Å². The van der Waals surface area contributed by atoms with Crippen molar-refractivity contribution in [3.8, 4) is 0 Å². The second-order valence-electron chi connectivity index (χ2n) is 4.71. The van der Waals surface area contributed by atoms with E-state index in [0.29, 0.717) is 17.4 Å². The van der Waals surface area contributed by atoms with E-state index in [-0.39, 0.29) is 0 Å². The minimum atomic E-state index is -0.866. The Morgan fingerprint density at radius 3 is 2.12 bits per heavy atom. The summed E-state index contributed by atoms with van der Waals surface area (Å²) in [5.74, 6) is 0.549.